The molecule has 24 heavy (non-hydrogen) atoms. The molecule has 24 heteroatoms. The van der Waals surface area contributed by atoms with Crippen LogP contribution in [-0.4, -0.2) is 115 Å². The first-order chi connectivity index (χ1) is 0. The molecular weight excluding hydrogens is 532 g/mol. The fourth-order valence-electron chi connectivity index (χ4n) is 0. The van der Waals surface area contributed by atoms with Crippen LogP contribution in [0.4, 0.5) is 0 Å². The molecule has 0 rings (SSSR count). The molecule has 0 aromatic heterocycles. The average Bonchev–Trinajstić information content (AvgIpc) is 0. The third-order valence-corrected chi connectivity index (χ3v) is 0. The third kappa shape index (κ3) is 10500. The van der Waals surface area contributed by atoms with Crippen LogP contribution in [0.15, 0.2) is 0 Å². The Morgan fingerprint density at radius 2 is 0.0833 bits per heavy atom. The molecule has 0 spiro atoms. The fraction of sp³-hybridized carbons (Fsp3) is 0. The first-order valence-electron chi connectivity index (χ1n) is 0. The minimum absolute atomic E-state index is 0. The van der Waals surface area contributed by atoms with E-state index in [9.17, 15) is 0 Å². The van der Waals surface area contributed by atoms with E-state index in [2.05, 4.69) is 0 Å². The quantitative estimate of drug-likeness (QED) is 0.243. The molecular formula is H42O21Zn3. The molecule has 0 radical (unpaired) electrons. The summed E-state index contributed by atoms with van der Waals surface area (Å²) in [5, 5.41) is 0. The van der Waals surface area contributed by atoms with Crippen LogP contribution in [0.1, 0.15) is 0 Å². The van der Waals surface area contributed by atoms with Gasteiger partial charge in [-0.15, -0.1) is 0 Å². The molecule has 0 heterocycles. The van der Waals surface area contributed by atoms with E-state index in [1.807, 2.05) is 0 Å². The second-order valence-electron chi connectivity index (χ2n) is 0. The summed E-state index contributed by atoms with van der Waals surface area (Å²) in [6, 6.07) is 0. The molecule has 0 saturated carbocycles. The molecule has 174 valence electrons. The van der Waals surface area contributed by atoms with Crippen LogP contribution < -0.4 is 0 Å². The Morgan fingerprint density at radius 3 is 0.0833 bits per heavy atom. The molecule has 0 aromatic rings. The van der Waals surface area contributed by atoms with E-state index in [0.29, 0.717) is 0 Å². The van der Waals surface area contributed by atoms with Gasteiger partial charge in [0.05, 0.1) is 0 Å². The van der Waals surface area contributed by atoms with Crippen molar-refractivity contribution in [2.75, 3.05) is 0 Å². The predicted octanol–water partition coefficient (Wildman–Crippen LogP) is -17.3. The monoisotopic (exact) mass is 570 g/mol. The summed E-state index contributed by atoms with van der Waals surface area (Å²) < 4.78 is 0. The summed E-state index contributed by atoms with van der Waals surface area (Å²) in [6.45, 7) is 0. The summed E-state index contributed by atoms with van der Waals surface area (Å²) in [4.78, 5) is 0. The van der Waals surface area contributed by atoms with Crippen molar-refractivity contribution in [1.82, 2.24) is 0 Å². The van der Waals surface area contributed by atoms with Gasteiger partial charge in [0.2, 0.25) is 0 Å². The Bertz CT molecular complexity index is 13.0. The van der Waals surface area contributed by atoms with Crippen LogP contribution in [-0.2, 0) is 58.4 Å². The van der Waals surface area contributed by atoms with Crippen LogP contribution in [0.25, 0.3) is 0 Å². The Kier molecular flexibility index (Phi) is 6820000. The maximum atomic E-state index is 0. The maximum absolute atomic E-state index is 0. The average molecular weight is 574 g/mol. The van der Waals surface area contributed by atoms with Crippen LogP contribution >= 0.6 is 0 Å². The molecule has 0 saturated heterocycles. The normalized spacial score (nSPS) is 0. The molecule has 0 atom stereocenters. The van der Waals surface area contributed by atoms with Gasteiger partial charge in [-0.25, -0.2) is 0 Å². The van der Waals surface area contributed by atoms with Crippen molar-refractivity contribution in [3.63, 3.8) is 0 Å². The molecule has 0 aliphatic carbocycles. The van der Waals surface area contributed by atoms with E-state index >= 15 is 0 Å². The summed E-state index contributed by atoms with van der Waals surface area (Å²) in [5.41, 5.74) is 0. The first kappa shape index (κ1) is 13600. The standard InChI is InChI=1S/21H2O.3Zn/h21*1H2;;;. The van der Waals surface area contributed by atoms with Crippen molar-refractivity contribution >= 4 is 0 Å². The molecule has 0 aliphatic heterocycles. The Labute approximate surface area is 173 Å². The van der Waals surface area contributed by atoms with Crippen LogP contribution in [0.2, 0.25) is 0 Å². The zero-order chi connectivity index (χ0) is 0. The van der Waals surface area contributed by atoms with Crippen LogP contribution in [0, 0.1) is 0 Å². The van der Waals surface area contributed by atoms with Crippen LogP contribution in [0.3, 0.4) is 0 Å². The SMILES string of the molecule is O.O.O.O.O.O.O.O.O.O.O.O.O.O.O.O.O.O.O.O.O.[Zn].[Zn].[Zn]. The fourth-order valence-corrected chi connectivity index (χ4v) is 0. The summed E-state index contributed by atoms with van der Waals surface area (Å²) in [6.07, 6.45) is 0. The van der Waals surface area contributed by atoms with Gasteiger partial charge in [0, 0.05) is 58.4 Å². The van der Waals surface area contributed by atoms with E-state index in [-0.39, 0.29) is 173 Å². The van der Waals surface area contributed by atoms with Gasteiger partial charge < -0.3 is 115 Å². The topological polar surface area (TPSA) is 662 Å². The number of hydrogen-bond acceptors (Lipinski definition) is 0. The molecule has 0 fully saturated rings. The number of hydrogen-bond donors (Lipinski definition) is 0. The van der Waals surface area contributed by atoms with Gasteiger partial charge >= 0.3 is 0 Å². The zero-order valence-corrected chi connectivity index (χ0v) is 21.5. The van der Waals surface area contributed by atoms with E-state index in [1.165, 1.54) is 0 Å². The molecule has 0 bridgehead atoms. The second-order valence-corrected chi connectivity index (χ2v) is 0. The van der Waals surface area contributed by atoms with Crippen molar-refractivity contribution in [3.8, 4) is 0 Å². The van der Waals surface area contributed by atoms with E-state index in [0.717, 1.165) is 0 Å². The van der Waals surface area contributed by atoms with E-state index in [1.54, 1.807) is 0 Å². The van der Waals surface area contributed by atoms with E-state index < -0.39 is 0 Å². The first-order valence-corrected chi connectivity index (χ1v) is 0. The zero-order valence-electron chi connectivity index (χ0n) is 12.6. The summed E-state index contributed by atoms with van der Waals surface area (Å²) in [5.74, 6) is 0. The van der Waals surface area contributed by atoms with Crippen molar-refractivity contribution in [1.29, 1.82) is 0 Å². The van der Waals surface area contributed by atoms with Crippen molar-refractivity contribution in [2.45, 2.75) is 0 Å². The molecule has 0 aromatic carbocycles. The molecule has 0 aliphatic rings. The molecule has 0 amide bonds. The smallest absolute Gasteiger partial charge is 0 e. The van der Waals surface area contributed by atoms with Gasteiger partial charge in [-0.05, 0) is 0 Å². The summed E-state index contributed by atoms with van der Waals surface area (Å²) in [7, 11) is 0. The van der Waals surface area contributed by atoms with Gasteiger partial charge in [-0.1, -0.05) is 0 Å². The molecule has 21 nitrogen and oxygen atoms in total. The Morgan fingerprint density at radius 1 is 0.0833 bits per heavy atom. The van der Waals surface area contributed by atoms with Gasteiger partial charge in [0.25, 0.3) is 0 Å². The largest absolute Gasteiger partial charge is 0.412 e. The third-order valence-electron chi connectivity index (χ3n) is 0. The van der Waals surface area contributed by atoms with Gasteiger partial charge in [0.1, 0.15) is 0 Å². The van der Waals surface area contributed by atoms with Gasteiger partial charge in [-0.3, -0.25) is 0 Å². The summed E-state index contributed by atoms with van der Waals surface area (Å²) >= 11 is 0. The minimum Gasteiger partial charge on any atom is -0.412 e. The predicted molar refractivity (Wildman–Crippen MR) is 75.9 cm³/mol. The van der Waals surface area contributed by atoms with Gasteiger partial charge in [-0.2, -0.15) is 0 Å². The van der Waals surface area contributed by atoms with Crippen molar-refractivity contribution in [3.05, 3.63) is 0 Å². The Balaban J connectivity index is 0. The van der Waals surface area contributed by atoms with E-state index in [4.69, 9.17) is 0 Å². The molecule has 42 N–H and O–H groups in total. The maximum Gasteiger partial charge on any atom is 0 e. The Hall–Kier alpha value is 1.03. The number of rotatable bonds is 0. The second kappa shape index (κ2) is 12000. The minimum atomic E-state index is 0. The molecule has 0 unspecified atom stereocenters. The van der Waals surface area contributed by atoms with Crippen LogP contribution in [0.5, 0.6) is 0 Å². The van der Waals surface area contributed by atoms with Crippen molar-refractivity contribution < 1.29 is 173 Å². The van der Waals surface area contributed by atoms with Gasteiger partial charge in [0.15, 0.2) is 0 Å². The van der Waals surface area contributed by atoms with Crippen molar-refractivity contribution in [2.24, 2.45) is 0 Å².